The number of hydrogen-bond donors (Lipinski definition) is 2. The molecule has 0 saturated heterocycles. The van der Waals surface area contributed by atoms with E-state index in [9.17, 15) is 8.42 Å². The van der Waals surface area contributed by atoms with E-state index in [2.05, 4.69) is 4.72 Å². The SMILES string of the molecule is CCCC(COC)NS(=O)(=O)C(C)CN. The van der Waals surface area contributed by atoms with Gasteiger partial charge in [-0.15, -0.1) is 0 Å². The van der Waals surface area contributed by atoms with Gasteiger partial charge >= 0.3 is 0 Å². The van der Waals surface area contributed by atoms with Gasteiger partial charge in [0.25, 0.3) is 0 Å². The van der Waals surface area contributed by atoms with Crippen LogP contribution in [-0.4, -0.2) is 40.0 Å². The van der Waals surface area contributed by atoms with Crippen molar-refractivity contribution < 1.29 is 13.2 Å². The highest BCUT2D eigenvalue weighted by atomic mass is 32.2. The second-order valence-corrected chi connectivity index (χ2v) is 5.78. The Hall–Kier alpha value is -0.170. The molecule has 0 aliphatic heterocycles. The molecular formula is C9H22N2O3S. The first-order chi connectivity index (χ1) is 6.97. The molecule has 15 heavy (non-hydrogen) atoms. The molecule has 0 radical (unpaired) electrons. The third-order valence-corrected chi connectivity index (χ3v) is 4.11. The Morgan fingerprint density at radius 2 is 2.07 bits per heavy atom. The monoisotopic (exact) mass is 238 g/mol. The summed E-state index contributed by atoms with van der Waals surface area (Å²) in [6.45, 7) is 4.12. The second kappa shape index (κ2) is 7.16. The Bertz CT molecular complexity index is 248. The molecule has 0 heterocycles. The summed E-state index contributed by atoms with van der Waals surface area (Å²) in [4.78, 5) is 0. The van der Waals surface area contributed by atoms with Crippen LogP contribution in [0.4, 0.5) is 0 Å². The van der Waals surface area contributed by atoms with Gasteiger partial charge in [-0.05, 0) is 13.3 Å². The van der Waals surface area contributed by atoms with Gasteiger partial charge < -0.3 is 10.5 Å². The van der Waals surface area contributed by atoms with Crippen LogP contribution in [0, 0.1) is 0 Å². The van der Waals surface area contributed by atoms with Crippen molar-refractivity contribution in [3.8, 4) is 0 Å². The minimum atomic E-state index is -3.31. The predicted molar refractivity (Wildman–Crippen MR) is 61.1 cm³/mol. The highest BCUT2D eigenvalue weighted by Crippen LogP contribution is 2.03. The third-order valence-electron chi connectivity index (χ3n) is 2.20. The number of nitrogens with one attached hydrogen (secondary N) is 1. The topological polar surface area (TPSA) is 81.4 Å². The Balaban J connectivity index is 4.37. The Kier molecular flexibility index (Phi) is 7.08. The molecule has 0 aliphatic rings. The molecule has 92 valence electrons. The van der Waals surface area contributed by atoms with Crippen LogP contribution in [-0.2, 0) is 14.8 Å². The molecule has 0 aromatic carbocycles. The van der Waals surface area contributed by atoms with Crippen LogP contribution in [0.2, 0.25) is 0 Å². The summed E-state index contributed by atoms with van der Waals surface area (Å²) in [6.07, 6.45) is 1.68. The van der Waals surface area contributed by atoms with Crippen LogP contribution in [0.25, 0.3) is 0 Å². The molecule has 0 amide bonds. The van der Waals surface area contributed by atoms with Gasteiger partial charge in [0.05, 0.1) is 11.9 Å². The third kappa shape index (κ3) is 5.46. The lowest BCUT2D eigenvalue weighted by Crippen LogP contribution is -2.44. The van der Waals surface area contributed by atoms with Crippen LogP contribution in [0.5, 0.6) is 0 Å². The molecule has 0 aromatic rings. The van der Waals surface area contributed by atoms with Crippen molar-refractivity contribution in [3.63, 3.8) is 0 Å². The maximum Gasteiger partial charge on any atom is 0.215 e. The molecule has 0 spiro atoms. The summed E-state index contributed by atoms with van der Waals surface area (Å²) in [7, 11) is -1.75. The number of nitrogens with two attached hydrogens (primary N) is 1. The number of ether oxygens (including phenoxy) is 1. The van der Waals surface area contributed by atoms with Crippen LogP contribution in [0.1, 0.15) is 26.7 Å². The Morgan fingerprint density at radius 1 is 1.47 bits per heavy atom. The highest BCUT2D eigenvalue weighted by Gasteiger charge is 2.22. The maximum atomic E-state index is 11.7. The molecule has 0 rings (SSSR count). The zero-order chi connectivity index (χ0) is 11.9. The van der Waals surface area contributed by atoms with Gasteiger partial charge in [0, 0.05) is 19.7 Å². The zero-order valence-electron chi connectivity index (χ0n) is 9.69. The molecule has 0 aliphatic carbocycles. The average molecular weight is 238 g/mol. The van der Waals surface area contributed by atoms with Gasteiger partial charge in [-0.25, -0.2) is 13.1 Å². The summed E-state index contributed by atoms with van der Waals surface area (Å²) in [6, 6.07) is -0.154. The van der Waals surface area contributed by atoms with Crippen LogP contribution < -0.4 is 10.5 Å². The van der Waals surface area contributed by atoms with Crippen LogP contribution >= 0.6 is 0 Å². The van der Waals surface area contributed by atoms with Crippen LogP contribution in [0.3, 0.4) is 0 Å². The summed E-state index contributed by atoms with van der Waals surface area (Å²) < 4.78 is 30.9. The number of sulfonamides is 1. The van der Waals surface area contributed by atoms with E-state index in [4.69, 9.17) is 10.5 Å². The maximum absolute atomic E-state index is 11.7. The van der Waals surface area contributed by atoms with Crippen LogP contribution in [0.15, 0.2) is 0 Å². The molecular weight excluding hydrogens is 216 g/mol. The molecule has 3 N–H and O–H groups in total. The van der Waals surface area contributed by atoms with E-state index in [1.807, 2.05) is 6.92 Å². The fourth-order valence-electron chi connectivity index (χ4n) is 1.20. The lowest BCUT2D eigenvalue weighted by Gasteiger charge is -2.19. The predicted octanol–water partition coefficient (Wildman–Crippen LogP) is 0.0681. The van der Waals surface area contributed by atoms with E-state index in [0.717, 1.165) is 12.8 Å². The molecule has 0 bridgehead atoms. The lowest BCUT2D eigenvalue weighted by molar-refractivity contribution is 0.171. The zero-order valence-corrected chi connectivity index (χ0v) is 10.5. The van der Waals surface area contributed by atoms with Crippen molar-refractivity contribution in [2.45, 2.75) is 38.0 Å². The smallest absolute Gasteiger partial charge is 0.215 e. The van der Waals surface area contributed by atoms with E-state index < -0.39 is 15.3 Å². The van der Waals surface area contributed by atoms with Crippen molar-refractivity contribution in [3.05, 3.63) is 0 Å². The molecule has 0 saturated carbocycles. The van der Waals surface area contributed by atoms with E-state index in [1.165, 1.54) is 0 Å². The Labute approximate surface area is 92.4 Å². The van der Waals surface area contributed by atoms with E-state index >= 15 is 0 Å². The average Bonchev–Trinajstić information content (AvgIpc) is 2.16. The molecule has 0 aromatic heterocycles. The number of rotatable bonds is 8. The summed E-state index contributed by atoms with van der Waals surface area (Å²) in [5.74, 6) is 0. The minimum absolute atomic E-state index is 0.126. The largest absolute Gasteiger partial charge is 0.383 e. The fourth-order valence-corrected chi connectivity index (χ4v) is 2.34. The van der Waals surface area contributed by atoms with E-state index in [0.29, 0.717) is 6.61 Å². The fraction of sp³-hybridized carbons (Fsp3) is 1.00. The minimum Gasteiger partial charge on any atom is -0.383 e. The van der Waals surface area contributed by atoms with E-state index in [-0.39, 0.29) is 12.6 Å². The Morgan fingerprint density at radius 3 is 2.47 bits per heavy atom. The van der Waals surface area contributed by atoms with Crippen molar-refractivity contribution in [1.29, 1.82) is 0 Å². The van der Waals surface area contributed by atoms with Crippen molar-refractivity contribution >= 4 is 10.0 Å². The molecule has 2 unspecified atom stereocenters. The van der Waals surface area contributed by atoms with Crippen molar-refractivity contribution in [1.82, 2.24) is 4.72 Å². The summed E-state index contributed by atoms with van der Waals surface area (Å²) in [5, 5.41) is -0.561. The molecule has 2 atom stereocenters. The number of methoxy groups -OCH3 is 1. The first-order valence-electron chi connectivity index (χ1n) is 5.18. The van der Waals surface area contributed by atoms with Crippen molar-refractivity contribution in [2.24, 2.45) is 5.73 Å². The highest BCUT2D eigenvalue weighted by molar-refractivity contribution is 7.90. The number of hydrogen-bond acceptors (Lipinski definition) is 4. The van der Waals surface area contributed by atoms with Gasteiger partial charge in [0.1, 0.15) is 0 Å². The molecule has 5 nitrogen and oxygen atoms in total. The normalized spacial score (nSPS) is 16.3. The summed E-state index contributed by atoms with van der Waals surface area (Å²) >= 11 is 0. The van der Waals surface area contributed by atoms with Gasteiger partial charge in [0.15, 0.2) is 0 Å². The van der Waals surface area contributed by atoms with Crippen molar-refractivity contribution in [2.75, 3.05) is 20.3 Å². The van der Waals surface area contributed by atoms with Gasteiger partial charge in [0.2, 0.25) is 10.0 Å². The first kappa shape index (κ1) is 14.8. The standard InChI is InChI=1S/C9H22N2O3S/c1-4-5-9(7-14-3)11-15(12,13)8(2)6-10/h8-9,11H,4-7,10H2,1-3H3. The molecule has 6 heteroatoms. The van der Waals surface area contributed by atoms with Gasteiger partial charge in [-0.3, -0.25) is 0 Å². The molecule has 0 fully saturated rings. The van der Waals surface area contributed by atoms with Gasteiger partial charge in [-0.2, -0.15) is 0 Å². The quantitative estimate of drug-likeness (QED) is 0.627. The lowest BCUT2D eigenvalue weighted by atomic mass is 10.2. The summed E-state index contributed by atoms with van der Waals surface area (Å²) in [5.41, 5.74) is 5.33. The second-order valence-electron chi connectivity index (χ2n) is 3.65. The first-order valence-corrected chi connectivity index (χ1v) is 6.72. The van der Waals surface area contributed by atoms with E-state index in [1.54, 1.807) is 14.0 Å². The van der Waals surface area contributed by atoms with Gasteiger partial charge in [-0.1, -0.05) is 13.3 Å².